The highest BCUT2D eigenvalue weighted by Crippen LogP contribution is 2.45. The standard InChI is InChI=1S/C20H21F3N2S/c1-24-8-10-25(11-9-24)17-12-14-4-2-3-5-18(14)26-19-13-15(20(21,22)23)6-7-16(17)19/h2-7,13,17H,8-12H2,1H3/t17-/m1/s1. The highest BCUT2D eigenvalue weighted by molar-refractivity contribution is 7.99. The van der Waals surface area contributed by atoms with E-state index in [4.69, 9.17) is 0 Å². The molecule has 0 amide bonds. The van der Waals surface area contributed by atoms with Crippen LogP contribution in [0.5, 0.6) is 0 Å². The zero-order valence-corrected chi connectivity index (χ0v) is 15.4. The van der Waals surface area contributed by atoms with Gasteiger partial charge in [0.05, 0.1) is 5.56 Å². The van der Waals surface area contributed by atoms with E-state index in [1.165, 1.54) is 29.5 Å². The molecule has 1 fully saturated rings. The van der Waals surface area contributed by atoms with Gasteiger partial charge in [0.1, 0.15) is 0 Å². The number of nitrogens with zero attached hydrogens (tertiary/aromatic N) is 2. The lowest BCUT2D eigenvalue weighted by molar-refractivity contribution is -0.137. The first-order chi connectivity index (χ1) is 12.4. The SMILES string of the molecule is CN1CCN([C@@H]2Cc3ccccc3Sc3cc(C(F)(F)F)ccc32)CC1. The molecule has 0 aromatic heterocycles. The fraction of sp³-hybridized carbons (Fsp3) is 0.400. The highest BCUT2D eigenvalue weighted by Gasteiger charge is 2.34. The molecule has 0 N–H and O–H groups in total. The molecular weight excluding hydrogens is 357 g/mol. The lowest BCUT2D eigenvalue weighted by atomic mass is 9.95. The lowest BCUT2D eigenvalue weighted by Crippen LogP contribution is -2.46. The van der Waals surface area contributed by atoms with Gasteiger partial charge < -0.3 is 4.90 Å². The Morgan fingerprint density at radius 2 is 1.69 bits per heavy atom. The molecule has 0 unspecified atom stereocenters. The van der Waals surface area contributed by atoms with Gasteiger partial charge in [-0.3, -0.25) is 4.90 Å². The molecular formula is C20H21F3N2S. The average Bonchev–Trinajstić information content (AvgIpc) is 2.77. The summed E-state index contributed by atoms with van der Waals surface area (Å²) in [6, 6.07) is 12.5. The van der Waals surface area contributed by atoms with Gasteiger partial charge in [0, 0.05) is 42.0 Å². The van der Waals surface area contributed by atoms with E-state index in [0.717, 1.165) is 48.0 Å². The maximum Gasteiger partial charge on any atom is 0.416 e. The predicted molar refractivity (Wildman–Crippen MR) is 97.5 cm³/mol. The summed E-state index contributed by atoms with van der Waals surface area (Å²) >= 11 is 1.46. The number of rotatable bonds is 1. The van der Waals surface area contributed by atoms with E-state index in [-0.39, 0.29) is 6.04 Å². The van der Waals surface area contributed by atoms with Crippen LogP contribution in [0.3, 0.4) is 0 Å². The summed E-state index contributed by atoms with van der Waals surface area (Å²) in [6.45, 7) is 3.85. The lowest BCUT2D eigenvalue weighted by Gasteiger charge is -2.38. The Labute approximate surface area is 156 Å². The van der Waals surface area contributed by atoms with Gasteiger partial charge in [-0.25, -0.2) is 0 Å². The number of alkyl halides is 3. The zero-order chi connectivity index (χ0) is 18.3. The van der Waals surface area contributed by atoms with Crippen LogP contribution in [-0.2, 0) is 12.6 Å². The third kappa shape index (κ3) is 3.50. The summed E-state index contributed by atoms with van der Waals surface area (Å²) in [4.78, 5) is 6.51. The first-order valence-electron chi connectivity index (χ1n) is 8.81. The molecule has 4 rings (SSSR count). The molecule has 2 aromatic carbocycles. The van der Waals surface area contributed by atoms with Crippen LogP contribution in [0.1, 0.15) is 22.7 Å². The van der Waals surface area contributed by atoms with Crippen molar-refractivity contribution in [2.75, 3.05) is 33.2 Å². The number of benzene rings is 2. The molecule has 26 heavy (non-hydrogen) atoms. The predicted octanol–water partition coefficient (Wildman–Crippen LogP) is 4.70. The summed E-state index contributed by atoms with van der Waals surface area (Å²) in [5.74, 6) is 0. The molecule has 0 aliphatic carbocycles. The van der Waals surface area contributed by atoms with Gasteiger partial charge >= 0.3 is 6.18 Å². The summed E-state index contributed by atoms with van der Waals surface area (Å²) < 4.78 is 39.7. The molecule has 0 bridgehead atoms. The summed E-state index contributed by atoms with van der Waals surface area (Å²) in [5.41, 5.74) is 1.66. The van der Waals surface area contributed by atoms with Crippen molar-refractivity contribution in [3.05, 3.63) is 59.2 Å². The van der Waals surface area contributed by atoms with Crippen LogP contribution in [0.2, 0.25) is 0 Å². The van der Waals surface area contributed by atoms with Crippen LogP contribution in [0, 0.1) is 0 Å². The molecule has 2 aromatic rings. The van der Waals surface area contributed by atoms with Gasteiger partial charge in [-0.15, -0.1) is 0 Å². The topological polar surface area (TPSA) is 6.48 Å². The molecule has 1 saturated heterocycles. The number of hydrogen-bond acceptors (Lipinski definition) is 3. The number of piperazine rings is 1. The van der Waals surface area contributed by atoms with Crippen molar-refractivity contribution in [3.8, 4) is 0 Å². The van der Waals surface area contributed by atoms with Crippen molar-refractivity contribution in [3.63, 3.8) is 0 Å². The van der Waals surface area contributed by atoms with E-state index >= 15 is 0 Å². The van der Waals surface area contributed by atoms with Gasteiger partial charge in [0.15, 0.2) is 0 Å². The van der Waals surface area contributed by atoms with E-state index in [1.54, 1.807) is 6.07 Å². The van der Waals surface area contributed by atoms with Crippen LogP contribution in [-0.4, -0.2) is 43.0 Å². The molecule has 2 nitrogen and oxygen atoms in total. The van der Waals surface area contributed by atoms with Crippen molar-refractivity contribution in [1.29, 1.82) is 0 Å². The first kappa shape index (κ1) is 17.9. The largest absolute Gasteiger partial charge is 0.416 e. The first-order valence-corrected chi connectivity index (χ1v) is 9.63. The number of hydrogen-bond donors (Lipinski definition) is 0. The average molecular weight is 378 g/mol. The Morgan fingerprint density at radius 3 is 2.42 bits per heavy atom. The fourth-order valence-electron chi connectivity index (χ4n) is 3.74. The van der Waals surface area contributed by atoms with Crippen LogP contribution in [0.4, 0.5) is 13.2 Å². The molecule has 2 heterocycles. The highest BCUT2D eigenvalue weighted by atomic mass is 32.2. The van der Waals surface area contributed by atoms with Crippen molar-refractivity contribution < 1.29 is 13.2 Å². The number of likely N-dealkylation sites (N-methyl/N-ethyl adjacent to an activating group) is 1. The molecule has 0 saturated carbocycles. The number of halogens is 3. The molecule has 2 aliphatic heterocycles. The minimum Gasteiger partial charge on any atom is -0.304 e. The van der Waals surface area contributed by atoms with Gasteiger partial charge in [-0.2, -0.15) is 13.2 Å². The Hall–Kier alpha value is -1.50. The van der Waals surface area contributed by atoms with Crippen LogP contribution < -0.4 is 0 Å². The number of fused-ring (bicyclic) bond motifs is 2. The molecule has 1 atom stereocenters. The maximum atomic E-state index is 13.2. The molecule has 6 heteroatoms. The van der Waals surface area contributed by atoms with E-state index in [0.29, 0.717) is 0 Å². The van der Waals surface area contributed by atoms with E-state index in [2.05, 4.69) is 22.9 Å². The third-order valence-electron chi connectivity index (χ3n) is 5.28. The fourth-order valence-corrected chi connectivity index (χ4v) is 4.92. The van der Waals surface area contributed by atoms with Crippen molar-refractivity contribution >= 4 is 11.8 Å². The summed E-state index contributed by atoms with van der Waals surface area (Å²) in [7, 11) is 2.11. The molecule has 0 spiro atoms. The molecule has 0 radical (unpaired) electrons. The zero-order valence-electron chi connectivity index (χ0n) is 14.6. The van der Waals surface area contributed by atoms with Gasteiger partial charge in [-0.05, 0) is 42.8 Å². The van der Waals surface area contributed by atoms with E-state index < -0.39 is 11.7 Å². The Bertz CT molecular complexity index is 798. The van der Waals surface area contributed by atoms with Crippen LogP contribution >= 0.6 is 11.8 Å². The van der Waals surface area contributed by atoms with Crippen molar-refractivity contribution in [1.82, 2.24) is 9.80 Å². The smallest absolute Gasteiger partial charge is 0.304 e. The minimum atomic E-state index is -4.31. The molecule has 2 aliphatic rings. The normalized spacial score (nSPS) is 21.8. The molecule has 138 valence electrons. The summed E-state index contributed by atoms with van der Waals surface area (Å²) in [6.07, 6.45) is -3.48. The Kier molecular flexibility index (Phi) is 4.75. The van der Waals surface area contributed by atoms with E-state index in [9.17, 15) is 13.2 Å². The second-order valence-corrected chi connectivity index (χ2v) is 8.10. The van der Waals surface area contributed by atoms with E-state index in [1.807, 2.05) is 18.2 Å². The second kappa shape index (κ2) is 6.91. The van der Waals surface area contributed by atoms with Gasteiger partial charge in [-0.1, -0.05) is 36.0 Å². The van der Waals surface area contributed by atoms with Gasteiger partial charge in [0.25, 0.3) is 0 Å². The Balaban J connectivity index is 1.77. The summed E-state index contributed by atoms with van der Waals surface area (Å²) in [5, 5.41) is 0. The maximum absolute atomic E-state index is 13.2. The second-order valence-electron chi connectivity index (χ2n) is 7.02. The third-order valence-corrected chi connectivity index (χ3v) is 6.48. The van der Waals surface area contributed by atoms with Crippen LogP contribution in [0.25, 0.3) is 0 Å². The minimum absolute atomic E-state index is 0.122. The van der Waals surface area contributed by atoms with Gasteiger partial charge in [0.2, 0.25) is 0 Å². The van der Waals surface area contributed by atoms with Crippen LogP contribution in [0.15, 0.2) is 52.3 Å². The Morgan fingerprint density at radius 1 is 0.962 bits per heavy atom. The van der Waals surface area contributed by atoms with Crippen molar-refractivity contribution in [2.45, 2.75) is 28.4 Å². The van der Waals surface area contributed by atoms with Crippen molar-refractivity contribution in [2.24, 2.45) is 0 Å². The quantitative estimate of drug-likeness (QED) is 0.710. The monoisotopic (exact) mass is 378 g/mol.